The minimum Gasteiger partial charge on any atom is -0.490 e. The van der Waals surface area contributed by atoms with Gasteiger partial charge in [-0.15, -0.1) is 6.58 Å². The van der Waals surface area contributed by atoms with Gasteiger partial charge in [0.15, 0.2) is 11.5 Å². The van der Waals surface area contributed by atoms with E-state index in [2.05, 4.69) is 34.3 Å². The number of oxime groups is 1. The molecule has 0 bridgehead atoms. The maximum Gasteiger partial charge on any atom is 0.269 e. The van der Waals surface area contributed by atoms with E-state index in [0.29, 0.717) is 36.7 Å². The molecule has 0 aliphatic heterocycles. The Bertz CT molecular complexity index is 1160. The van der Waals surface area contributed by atoms with Crippen LogP contribution in [0.2, 0.25) is 0 Å². The molecule has 0 amide bonds. The lowest BCUT2D eigenvalue weighted by Gasteiger charge is -2.17. The number of hydrogen-bond donors (Lipinski definition) is 0. The van der Waals surface area contributed by atoms with Gasteiger partial charge in [0.1, 0.15) is 13.2 Å². The summed E-state index contributed by atoms with van der Waals surface area (Å²) >= 11 is 2.27. The van der Waals surface area contributed by atoms with E-state index in [1.807, 2.05) is 49.4 Å². The Kier molecular flexibility index (Phi) is 9.45. The molecule has 0 radical (unpaired) electrons. The average Bonchev–Trinajstić information content (AvgIpc) is 2.83. The van der Waals surface area contributed by atoms with E-state index in [9.17, 15) is 10.1 Å². The molecule has 0 saturated carbocycles. The van der Waals surface area contributed by atoms with Crippen molar-refractivity contribution >= 4 is 34.5 Å². The molecule has 0 spiro atoms. The molecule has 3 rings (SSSR count). The van der Waals surface area contributed by atoms with Gasteiger partial charge in [0, 0.05) is 26.8 Å². The highest BCUT2D eigenvalue weighted by atomic mass is 127. The lowest BCUT2D eigenvalue weighted by atomic mass is 10.1. The van der Waals surface area contributed by atoms with E-state index in [4.69, 9.17) is 14.3 Å². The number of nitro benzene ring substituents is 1. The monoisotopic (exact) mass is 572 g/mol. The molecule has 0 aliphatic carbocycles. The number of benzene rings is 3. The van der Waals surface area contributed by atoms with Crippen molar-refractivity contribution in [2.75, 3.05) is 6.61 Å². The molecule has 8 heteroatoms. The van der Waals surface area contributed by atoms with Crippen LogP contribution in [0.5, 0.6) is 11.5 Å². The number of halogens is 1. The summed E-state index contributed by atoms with van der Waals surface area (Å²) in [5.74, 6) is 1.29. The number of nitrogens with zero attached hydrogens (tertiary/aromatic N) is 2. The van der Waals surface area contributed by atoms with E-state index < -0.39 is 4.92 Å². The van der Waals surface area contributed by atoms with Crippen LogP contribution >= 0.6 is 22.6 Å². The van der Waals surface area contributed by atoms with E-state index in [-0.39, 0.29) is 12.3 Å². The predicted molar refractivity (Wildman–Crippen MR) is 140 cm³/mol. The summed E-state index contributed by atoms with van der Waals surface area (Å²) in [6.07, 6.45) is 3.98. The molecule has 0 saturated heterocycles. The van der Waals surface area contributed by atoms with Gasteiger partial charge in [-0.25, -0.2) is 0 Å². The molecule has 7 nitrogen and oxygen atoms in total. The third-order valence-electron chi connectivity index (χ3n) is 4.74. The van der Waals surface area contributed by atoms with Gasteiger partial charge in [0.25, 0.3) is 5.69 Å². The molecule has 0 heterocycles. The molecule has 34 heavy (non-hydrogen) atoms. The maximum atomic E-state index is 10.9. The van der Waals surface area contributed by atoms with Gasteiger partial charge in [-0.3, -0.25) is 10.1 Å². The van der Waals surface area contributed by atoms with Crippen molar-refractivity contribution in [3.05, 3.63) is 109 Å². The van der Waals surface area contributed by atoms with Crippen LogP contribution in [0.3, 0.4) is 0 Å². The first kappa shape index (κ1) is 25.2. The van der Waals surface area contributed by atoms with Gasteiger partial charge in [0.05, 0.1) is 17.7 Å². The summed E-state index contributed by atoms with van der Waals surface area (Å²) in [4.78, 5) is 15.8. The Morgan fingerprint density at radius 2 is 1.85 bits per heavy atom. The van der Waals surface area contributed by atoms with Crippen LogP contribution in [0, 0.1) is 13.7 Å². The second kappa shape index (κ2) is 12.7. The van der Waals surface area contributed by atoms with Crippen molar-refractivity contribution in [3.63, 3.8) is 0 Å². The highest BCUT2D eigenvalue weighted by Crippen LogP contribution is 2.34. The minimum atomic E-state index is -0.439. The van der Waals surface area contributed by atoms with Gasteiger partial charge < -0.3 is 14.3 Å². The third-order valence-corrected chi connectivity index (χ3v) is 5.46. The smallest absolute Gasteiger partial charge is 0.269 e. The molecule has 0 N–H and O–H groups in total. The topological polar surface area (TPSA) is 83.2 Å². The van der Waals surface area contributed by atoms with Crippen LogP contribution in [-0.2, 0) is 24.5 Å². The molecule has 0 aliphatic rings. The summed E-state index contributed by atoms with van der Waals surface area (Å²) < 4.78 is 13.2. The van der Waals surface area contributed by atoms with Crippen molar-refractivity contribution in [2.45, 2.75) is 26.6 Å². The lowest BCUT2D eigenvalue weighted by molar-refractivity contribution is -0.384. The Morgan fingerprint density at radius 1 is 1.06 bits per heavy atom. The van der Waals surface area contributed by atoms with E-state index in [1.165, 1.54) is 15.7 Å². The minimum absolute atomic E-state index is 0.0151. The molecular weight excluding hydrogens is 547 g/mol. The van der Waals surface area contributed by atoms with E-state index in [1.54, 1.807) is 18.3 Å². The van der Waals surface area contributed by atoms with Crippen molar-refractivity contribution in [2.24, 2.45) is 5.16 Å². The number of non-ortho nitro benzene ring substituents is 1. The quantitative estimate of drug-likeness (QED) is 0.0819. The van der Waals surface area contributed by atoms with Crippen LogP contribution in [0.15, 0.2) is 78.5 Å². The van der Waals surface area contributed by atoms with Crippen molar-refractivity contribution < 1.29 is 19.2 Å². The largest absolute Gasteiger partial charge is 0.490 e. The van der Waals surface area contributed by atoms with Crippen LogP contribution < -0.4 is 9.47 Å². The Morgan fingerprint density at radius 3 is 2.56 bits per heavy atom. The number of hydrogen-bond acceptors (Lipinski definition) is 6. The Hall–Kier alpha value is -3.40. The van der Waals surface area contributed by atoms with Crippen LogP contribution in [0.4, 0.5) is 5.69 Å². The second-order valence-electron chi connectivity index (χ2n) is 7.28. The van der Waals surface area contributed by atoms with Gasteiger partial charge in [-0.1, -0.05) is 35.5 Å². The van der Waals surface area contributed by atoms with E-state index >= 15 is 0 Å². The third kappa shape index (κ3) is 7.31. The number of ether oxygens (including phenoxy) is 2. The molecule has 0 aromatic heterocycles. The van der Waals surface area contributed by atoms with Crippen molar-refractivity contribution in [3.8, 4) is 11.5 Å². The highest BCUT2D eigenvalue weighted by Gasteiger charge is 2.13. The number of allylic oxidation sites excluding steroid dienone is 1. The molecule has 3 aromatic rings. The normalized spacial score (nSPS) is 10.8. The summed E-state index contributed by atoms with van der Waals surface area (Å²) in [6, 6.07) is 18.2. The maximum absolute atomic E-state index is 10.9. The summed E-state index contributed by atoms with van der Waals surface area (Å²) in [5.41, 5.74) is 3.44. The zero-order chi connectivity index (χ0) is 24.3. The predicted octanol–water partition coefficient (Wildman–Crippen LogP) is 6.46. The first-order chi connectivity index (χ1) is 16.5. The Balaban J connectivity index is 1.75. The van der Waals surface area contributed by atoms with Gasteiger partial charge >= 0.3 is 0 Å². The van der Waals surface area contributed by atoms with Gasteiger partial charge in [-0.2, -0.15) is 0 Å². The average molecular weight is 572 g/mol. The fraction of sp³-hybridized carbons (Fsp3) is 0.192. The molecule has 3 aromatic carbocycles. The SMILES string of the molecule is C=CCc1cc(/C=N\OCc2cccc([N+](=O)[O-])c2)cc(OCC)c1OCc1ccc(I)cc1. The van der Waals surface area contributed by atoms with Gasteiger partial charge in [-0.05, 0) is 71.3 Å². The zero-order valence-electron chi connectivity index (χ0n) is 18.8. The number of rotatable bonds is 12. The van der Waals surface area contributed by atoms with Crippen LogP contribution in [0.1, 0.15) is 29.2 Å². The van der Waals surface area contributed by atoms with Crippen molar-refractivity contribution in [1.29, 1.82) is 0 Å². The summed E-state index contributed by atoms with van der Waals surface area (Å²) in [5, 5.41) is 14.9. The molecule has 176 valence electrons. The van der Waals surface area contributed by atoms with Crippen LogP contribution in [0.25, 0.3) is 0 Å². The highest BCUT2D eigenvalue weighted by molar-refractivity contribution is 14.1. The van der Waals surface area contributed by atoms with E-state index in [0.717, 1.165) is 16.7 Å². The van der Waals surface area contributed by atoms with Crippen molar-refractivity contribution in [1.82, 2.24) is 0 Å². The number of nitro groups is 1. The Labute approximate surface area is 212 Å². The van der Waals surface area contributed by atoms with Gasteiger partial charge in [0.2, 0.25) is 0 Å². The molecular formula is C26H25IN2O5. The molecule has 0 unspecified atom stereocenters. The first-order valence-electron chi connectivity index (χ1n) is 10.7. The lowest BCUT2D eigenvalue weighted by Crippen LogP contribution is -2.04. The second-order valence-corrected chi connectivity index (χ2v) is 8.53. The first-order valence-corrected chi connectivity index (χ1v) is 11.7. The van der Waals surface area contributed by atoms with Crippen LogP contribution in [-0.4, -0.2) is 17.7 Å². The summed E-state index contributed by atoms with van der Waals surface area (Å²) in [7, 11) is 0. The molecule has 0 atom stereocenters. The fourth-order valence-electron chi connectivity index (χ4n) is 3.20. The summed E-state index contributed by atoms with van der Waals surface area (Å²) in [6.45, 7) is 6.79. The fourth-order valence-corrected chi connectivity index (χ4v) is 3.56. The molecule has 0 fully saturated rings. The standard InChI is InChI=1S/C26H25IN2O5/c1-3-6-22-13-21(16-28-34-18-20-7-5-8-24(14-20)29(30)31)15-25(32-4-2)26(22)33-17-19-9-11-23(27)12-10-19/h3,5,7-16H,1,4,6,17-18H2,2H3/b28-16-. The zero-order valence-corrected chi connectivity index (χ0v) is 20.9.